The highest BCUT2D eigenvalue weighted by Crippen LogP contribution is 2.25. The fourth-order valence-corrected chi connectivity index (χ4v) is 2.23. The molecule has 96 valence electrons. The lowest BCUT2D eigenvalue weighted by Gasteiger charge is -2.07. The molecular formula is C15H19NO2. The van der Waals surface area contributed by atoms with Gasteiger partial charge in [0.15, 0.2) is 0 Å². The van der Waals surface area contributed by atoms with Crippen LogP contribution < -0.4 is 4.74 Å². The van der Waals surface area contributed by atoms with Crippen LogP contribution in [0.15, 0.2) is 24.3 Å². The van der Waals surface area contributed by atoms with Gasteiger partial charge in [-0.15, -0.1) is 0 Å². The van der Waals surface area contributed by atoms with Crippen molar-refractivity contribution in [3.8, 4) is 5.75 Å². The van der Waals surface area contributed by atoms with Gasteiger partial charge in [0.1, 0.15) is 5.75 Å². The molecule has 1 aromatic carbocycles. The minimum Gasteiger partial charge on any atom is -0.427 e. The number of aryl methyl sites for hydroxylation is 2. The van der Waals surface area contributed by atoms with Gasteiger partial charge in [-0.2, -0.15) is 0 Å². The van der Waals surface area contributed by atoms with Crippen molar-refractivity contribution in [1.82, 2.24) is 4.57 Å². The first kappa shape index (κ1) is 12.7. The van der Waals surface area contributed by atoms with Gasteiger partial charge in [-0.25, -0.2) is 0 Å². The molecule has 0 radical (unpaired) electrons. The van der Waals surface area contributed by atoms with E-state index < -0.39 is 0 Å². The molecule has 0 saturated carbocycles. The second-order valence-corrected chi connectivity index (χ2v) is 4.61. The molecule has 1 aromatic heterocycles. The number of carbonyl (C=O) groups is 1. The molecule has 2 aromatic rings. The second-order valence-electron chi connectivity index (χ2n) is 4.61. The summed E-state index contributed by atoms with van der Waals surface area (Å²) in [5.74, 6) is 0.333. The summed E-state index contributed by atoms with van der Waals surface area (Å²) in [5, 5.41) is 1.13. The number of unbranched alkanes of at least 4 members (excludes halogenated alkanes) is 1. The van der Waals surface area contributed by atoms with Crippen molar-refractivity contribution in [2.24, 2.45) is 0 Å². The highest BCUT2D eigenvalue weighted by molar-refractivity contribution is 5.83. The fourth-order valence-electron chi connectivity index (χ4n) is 2.23. The third-order valence-corrected chi connectivity index (χ3v) is 3.08. The van der Waals surface area contributed by atoms with E-state index in [4.69, 9.17) is 4.74 Å². The van der Waals surface area contributed by atoms with E-state index in [9.17, 15) is 4.79 Å². The summed E-state index contributed by atoms with van der Waals surface area (Å²) in [7, 11) is 0. The molecule has 3 nitrogen and oxygen atoms in total. The van der Waals surface area contributed by atoms with E-state index in [1.807, 2.05) is 18.2 Å². The van der Waals surface area contributed by atoms with Crippen molar-refractivity contribution in [2.75, 3.05) is 0 Å². The highest BCUT2D eigenvalue weighted by Gasteiger charge is 2.07. The van der Waals surface area contributed by atoms with Gasteiger partial charge < -0.3 is 9.30 Å². The average molecular weight is 245 g/mol. The van der Waals surface area contributed by atoms with E-state index in [0.717, 1.165) is 11.9 Å². The molecule has 1 heterocycles. The number of nitrogens with zero attached hydrogens (tertiary/aromatic N) is 1. The Labute approximate surface area is 107 Å². The van der Waals surface area contributed by atoms with Crippen LogP contribution in [0.5, 0.6) is 5.75 Å². The number of rotatable bonds is 4. The van der Waals surface area contributed by atoms with Crippen molar-refractivity contribution in [3.05, 3.63) is 30.0 Å². The third kappa shape index (κ3) is 2.55. The van der Waals surface area contributed by atoms with Crippen LogP contribution in [-0.4, -0.2) is 10.5 Å². The van der Waals surface area contributed by atoms with Crippen LogP contribution >= 0.6 is 0 Å². The van der Waals surface area contributed by atoms with Crippen LogP contribution in [0, 0.1) is 6.92 Å². The highest BCUT2D eigenvalue weighted by atomic mass is 16.5. The Hall–Kier alpha value is -1.77. The summed E-state index contributed by atoms with van der Waals surface area (Å²) in [6.45, 7) is 6.77. The number of hydrogen-bond acceptors (Lipinski definition) is 2. The predicted molar refractivity (Wildman–Crippen MR) is 72.9 cm³/mol. The zero-order valence-corrected chi connectivity index (χ0v) is 11.2. The molecule has 0 atom stereocenters. The number of esters is 1. The van der Waals surface area contributed by atoms with Crippen molar-refractivity contribution < 1.29 is 9.53 Å². The fraction of sp³-hybridized carbons (Fsp3) is 0.400. The van der Waals surface area contributed by atoms with E-state index >= 15 is 0 Å². The van der Waals surface area contributed by atoms with Crippen LogP contribution in [0.1, 0.15) is 32.4 Å². The van der Waals surface area contributed by atoms with Gasteiger partial charge >= 0.3 is 5.97 Å². The summed E-state index contributed by atoms with van der Waals surface area (Å²) in [6.07, 6.45) is 2.36. The Bertz CT molecular complexity index is 569. The largest absolute Gasteiger partial charge is 0.427 e. The predicted octanol–water partition coefficient (Wildman–Crippen LogP) is 3.68. The summed E-state index contributed by atoms with van der Waals surface area (Å²) >= 11 is 0. The molecule has 0 spiro atoms. The quantitative estimate of drug-likeness (QED) is 0.608. The summed E-state index contributed by atoms with van der Waals surface area (Å²) < 4.78 is 7.42. The Balaban J connectivity index is 2.37. The maximum Gasteiger partial charge on any atom is 0.308 e. The number of hydrogen-bond donors (Lipinski definition) is 0. The molecule has 0 aliphatic carbocycles. The van der Waals surface area contributed by atoms with Gasteiger partial charge in [0, 0.05) is 30.1 Å². The third-order valence-electron chi connectivity index (χ3n) is 3.08. The standard InChI is InChI=1S/C15H19NO2/c1-4-5-8-16-11(2)9-13-10-14(18-12(3)17)6-7-15(13)16/h6-7,9-10H,4-5,8H2,1-3H3. The van der Waals surface area contributed by atoms with Gasteiger partial charge in [0.05, 0.1) is 0 Å². The monoisotopic (exact) mass is 245 g/mol. The van der Waals surface area contributed by atoms with Crippen LogP contribution in [-0.2, 0) is 11.3 Å². The topological polar surface area (TPSA) is 31.2 Å². The summed E-state index contributed by atoms with van der Waals surface area (Å²) in [5.41, 5.74) is 2.45. The molecule has 0 saturated heterocycles. The number of fused-ring (bicyclic) bond motifs is 1. The molecule has 2 rings (SSSR count). The normalized spacial score (nSPS) is 10.8. The zero-order valence-electron chi connectivity index (χ0n) is 11.2. The van der Waals surface area contributed by atoms with Gasteiger partial charge in [-0.05, 0) is 37.6 Å². The Morgan fingerprint density at radius 1 is 1.33 bits per heavy atom. The van der Waals surface area contributed by atoms with E-state index in [1.165, 1.54) is 31.0 Å². The van der Waals surface area contributed by atoms with Gasteiger partial charge in [0.2, 0.25) is 0 Å². The molecule has 0 fully saturated rings. The lowest BCUT2D eigenvalue weighted by Crippen LogP contribution is -2.01. The second kappa shape index (κ2) is 5.25. The number of ether oxygens (including phenoxy) is 1. The van der Waals surface area contributed by atoms with Crippen LogP contribution in [0.25, 0.3) is 10.9 Å². The van der Waals surface area contributed by atoms with E-state index in [-0.39, 0.29) is 5.97 Å². The lowest BCUT2D eigenvalue weighted by atomic mass is 10.2. The van der Waals surface area contributed by atoms with Crippen molar-refractivity contribution in [1.29, 1.82) is 0 Å². The van der Waals surface area contributed by atoms with E-state index in [1.54, 1.807) is 0 Å². The van der Waals surface area contributed by atoms with Crippen LogP contribution in [0.2, 0.25) is 0 Å². The smallest absolute Gasteiger partial charge is 0.308 e. The Morgan fingerprint density at radius 2 is 2.11 bits per heavy atom. The Morgan fingerprint density at radius 3 is 2.78 bits per heavy atom. The van der Waals surface area contributed by atoms with Crippen LogP contribution in [0.4, 0.5) is 0 Å². The molecule has 0 unspecified atom stereocenters. The van der Waals surface area contributed by atoms with E-state index in [2.05, 4.69) is 24.5 Å². The Kier molecular flexibility index (Phi) is 3.70. The molecule has 0 aliphatic heterocycles. The number of benzene rings is 1. The first-order valence-electron chi connectivity index (χ1n) is 6.40. The van der Waals surface area contributed by atoms with Crippen molar-refractivity contribution in [3.63, 3.8) is 0 Å². The molecular weight excluding hydrogens is 226 g/mol. The average Bonchev–Trinajstić information content (AvgIpc) is 2.60. The van der Waals surface area contributed by atoms with Crippen LogP contribution in [0.3, 0.4) is 0 Å². The number of carbonyl (C=O) groups excluding carboxylic acids is 1. The van der Waals surface area contributed by atoms with Gasteiger partial charge in [-0.3, -0.25) is 4.79 Å². The minimum atomic E-state index is -0.281. The molecule has 0 N–H and O–H groups in total. The molecule has 18 heavy (non-hydrogen) atoms. The number of aromatic nitrogens is 1. The van der Waals surface area contributed by atoms with E-state index in [0.29, 0.717) is 5.75 Å². The van der Waals surface area contributed by atoms with Crippen molar-refractivity contribution in [2.45, 2.75) is 40.2 Å². The first-order chi connectivity index (χ1) is 8.61. The van der Waals surface area contributed by atoms with Gasteiger partial charge in [-0.1, -0.05) is 13.3 Å². The maximum atomic E-state index is 10.9. The maximum absolute atomic E-state index is 10.9. The molecule has 0 amide bonds. The SMILES string of the molecule is CCCCn1c(C)cc2cc(OC(C)=O)ccc21. The minimum absolute atomic E-state index is 0.281. The zero-order chi connectivity index (χ0) is 13.1. The molecule has 3 heteroatoms. The molecule has 0 bridgehead atoms. The first-order valence-corrected chi connectivity index (χ1v) is 6.40. The summed E-state index contributed by atoms with van der Waals surface area (Å²) in [4.78, 5) is 10.9. The van der Waals surface area contributed by atoms with Gasteiger partial charge in [0.25, 0.3) is 0 Å². The lowest BCUT2D eigenvalue weighted by molar-refractivity contribution is -0.131. The van der Waals surface area contributed by atoms with Crippen molar-refractivity contribution >= 4 is 16.9 Å². The summed E-state index contributed by atoms with van der Waals surface area (Å²) in [6, 6.07) is 7.94. The molecule has 0 aliphatic rings.